The molecule has 0 aliphatic rings. The normalized spacial score (nSPS) is 9.08. The molecule has 0 saturated heterocycles. The number of benzene rings is 1. The molecule has 0 saturated carbocycles. The number of rotatable bonds is 4. The molecule has 0 aromatic heterocycles. The molecule has 3 heteroatoms. The predicted molar refractivity (Wildman–Crippen MR) is 43.5 cm³/mol. The van der Waals surface area contributed by atoms with Gasteiger partial charge >= 0.3 is 6.47 Å². The number of hydrogen-bond acceptors (Lipinski definition) is 3. The van der Waals surface area contributed by atoms with E-state index < -0.39 is 0 Å². The van der Waals surface area contributed by atoms with Crippen molar-refractivity contribution in [2.45, 2.75) is 6.61 Å². The molecular weight excluding hydrogens is 156 g/mol. The lowest BCUT2D eigenvalue weighted by Crippen LogP contribution is -1.94. The van der Waals surface area contributed by atoms with Crippen molar-refractivity contribution in [3.63, 3.8) is 0 Å². The molecule has 0 atom stereocenters. The van der Waals surface area contributed by atoms with Crippen LogP contribution >= 0.6 is 0 Å². The Bertz CT molecular complexity index is 258. The van der Waals surface area contributed by atoms with Gasteiger partial charge in [0.1, 0.15) is 12.4 Å². The Kier molecular flexibility index (Phi) is 3.14. The Morgan fingerprint density at radius 3 is 2.83 bits per heavy atom. The third-order valence-electron chi connectivity index (χ3n) is 1.48. The highest BCUT2D eigenvalue weighted by atomic mass is 16.5. The molecule has 0 unspecified atom stereocenters. The minimum Gasteiger partial charge on any atom is -0.496 e. The topological polar surface area (TPSA) is 35.5 Å². The van der Waals surface area contributed by atoms with Crippen LogP contribution in [0.3, 0.4) is 0 Å². The summed E-state index contributed by atoms with van der Waals surface area (Å²) in [6.07, 6.45) is 0. The lowest BCUT2D eigenvalue weighted by molar-refractivity contribution is 0.261. The van der Waals surface area contributed by atoms with Crippen LogP contribution in [0.1, 0.15) is 5.56 Å². The van der Waals surface area contributed by atoms with Crippen molar-refractivity contribution in [3.8, 4) is 5.75 Å². The molecule has 0 fully saturated rings. The van der Waals surface area contributed by atoms with Gasteiger partial charge in [-0.15, -0.1) is 0 Å². The average molecular weight is 165 g/mol. The zero-order valence-electron chi connectivity index (χ0n) is 6.74. The summed E-state index contributed by atoms with van der Waals surface area (Å²) in [6.45, 7) is 1.56. The van der Waals surface area contributed by atoms with Crippen LogP contribution < -0.4 is 4.74 Å². The molecule has 0 amide bonds. The maximum atomic E-state index is 9.79. The Balaban J connectivity index is 2.74. The highest BCUT2D eigenvalue weighted by molar-refractivity contribution is 5.40. The number of hydrogen-bond donors (Lipinski definition) is 0. The van der Waals surface area contributed by atoms with Crippen molar-refractivity contribution in [1.29, 1.82) is 0 Å². The van der Waals surface area contributed by atoms with E-state index in [0.717, 1.165) is 5.56 Å². The lowest BCUT2D eigenvalue weighted by atomic mass is 10.2. The molecule has 0 aliphatic carbocycles. The Morgan fingerprint density at radius 2 is 2.17 bits per heavy atom. The Labute approximate surface area is 70.9 Å². The van der Waals surface area contributed by atoms with Gasteiger partial charge in [0.2, 0.25) is 0 Å². The first-order valence-electron chi connectivity index (χ1n) is 3.49. The third-order valence-corrected chi connectivity index (χ3v) is 1.48. The van der Waals surface area contributed by atoms with Crippen LogP contribution in [0, 0.1) is 0 Å². The summed E-state index contributed by atoms with van der Waals surface area (Å²) < 4.78 is 9.51. The molecule has 1 radical (unpaired) electrons. The summed E-state index contributed by atoms with van der Waals surface area (Å²) >= 11 is 0. The minimum atomic E-state index is 0.202. The van der Waals surface area contributed by atoms with E-state index in [1.165, 1.54) is 6.47 Å². The quantitative estimate of drug-likeness (QED) is 0.674. The Morgan fingerprint density at radius 1 is 1.42 bits per heavy atom. The van der Waals surface area contributed by atoms with Gasteiger partial charge < -0.3 is 9.47 Å². The second kappa shape index (κ2) is 4.38. The summed E-state index contributed by atoms with van der Waals surface area (Å²) in [7, 11) is 1.57. The standard InChI is InChI=1S/C9H9O3/c1-11-9-5-3-2-4-8(9)6-12-7-10/h2-5H,6H2,1H3. The van der Waals surface area contributed by atoms with E-state index in [1.807, 2.05) is 24.3 Å². The number of para-hydroxylation sites is 1. The SMILES string of the molecule is COc1ccccc1CO[C]=O. The zero-order valence-corrected chi connectivity index (χ0v) is 6.74. The average Bonchev–Trinajstić information content (AvgIpc) is 2.15. The van der Waals surface area contributed by atoms with Gasteiger partial charge in [0, 0.05) is 5.56 Å². The van der Waals surface area contributed by atoms with E-state index >= 15 is 0 Å². The molecule has 12 heavy (non-hydrogen) atoms. The van der Waals surface area contributed by atoms with Gasteiger partial charge in [0.05, 0.1) is 7.11 Å². The Hall–Kier alpha value is -1.51. The van der Waals surface area contributed by atoms with E-state index in [-0.39, 0.29) is 6.61 Å². The molecule has 0 N–H and O–H groups in total. The largest absolute Gasteiger partial charge is 0.496 e. The first-order chi connectivity index (χ1) is 5.88. The van der Waals surface area contributed by atoms with Gasteiger partial charge in [-0.1, -0.05) is 18.2 Å². The number of carbonyl (C=O) groups excluding carboxylic acids is 1. The zero-order chi connectivity index (χ0) is 8.81. The van der Waals surface area contributed by atoms with E-state index in [0.29, 0.717) is 5.75 Å². The van der Waals surface area contributed by atoms with E-state index in [1.54, 1.807) is 7.11 Å². The van der Waals surface area contributed by atoms with Gasteiger partial charge in [-0.25, -0.2) is 4.79 Å². The molecule has 1 rings (SSSR count). The van der Waals surface area contributed by atoms with Crippen LogP contribution in [0.2, 0.25) is 0 Å². The molecule has 0 bridgehead atoms. The van der Waals surface area contributed by atoms with Gasteiger partial charge in [0.25, 0.3) is 0 Å². The van der Waals surface area contributed by atoms with E-state index in [4.69, 9.17) is 4.74 Å². The summed E-state index contributed by atoms with van der Waals surface area (Å²) in [5.41, 5.74) is 0.836. The predicted octanol–water partition coefficient (Wildman–Crippen LogP) is 1.28. The summed E-state index contributed by atoms with van der Waals surface area (Å²) in [4.78, 5) is 9.79. The molecule has 0 spiro atoms. The first-order valence-corrected chi connectivity index (χ1v) is 3.49. The third kappa shape index (κ3) is 1.99. The highest BCUT2D eigenvalue weighted by Crippen LogP contribution is 2.17. The maximum Gasteiger partial charge on any atom is 0.417 e. The monoisotopic (exact) mass is 165 g/mol. The van der Waals surface area contributed by atoms with Crippen LogP contribution in [0.15, 0.2) is 24.3 Å². The van der Waals surface area contributed by atoms with Crippen molar-refractivity contribution >= 4 is 6.47 Å². The van der Waals surface area contributed by atoms with Crippen LogP contribution in [0.5, 0.6) is 5.75 Å². The van der Waals surface area contributed by atoms with Crippen molar-refractivity contribution in [2.75, 3.05) is 7.11 Å². The second-order valence-electron chi connectivity index (χ2n) is 2.18. The molecule has 0 heterocycles. The summed E-state index contributed by atoms with van der Waals surface area (Å²) in [5, 5.41) is 0. The molecule has 1 aromatic rings. The molecule has 3 nitrogen and oxygen atoms in total. The fraction of sp³-hybridized carbons (Fsp3) is 0.222. The minimum absolute atomic E-state index is 0.202. The van der Waals surface area contributed by atoms with Crippen LogP contribution in [0.25, 0.3) is 0 Å². The van der Waals surface area contributed by atoms with Crippen molar-refractivity contribution < 1.29 is 14.3 Å². The maximum absolute atomic E-state index is 9.79. The smallest absolute Gasteiger partial charge is 0.417 e. The molecular formula is C9H9O3. The molecule has 1 aromatic carbocycles. The van der Waals surface area contributed by atoms with Gasteiger partial charge in [0.15, 0.2) is 0 Å². The fourth-order valence-corrected chi connectivity index (χ4v) is 0.929. The van der Waals surface area contributed by atoms with Crippen molar-refractivity contribution in [2.24, 2.45) is 0 Å². The second-order valence-corrected chi connectivity index (χ2v) is 2.18. The fourth-order valence-electron chi connectivity index (χ4n) is 0.929. The van der Waals surface area contributed by atoms with E-state index in [2.05, 4.69) is 4.74 Å². The number of ether oxygens (including phenoxy) is 2. The van der Waals surface area contributed by atoms with Crippen LogP contribution in [-0.2, 0) is 16.1 Å². The van der Waals surface area contributed by atoms with Gasteiger partial charge in [-0.3, -0.25) is 0 Å². The van der Waals surface area contributed by atoms with Crippen molar-refractivity contribution in [1.82, 2.24) is 0 Å². The summed E-state index contributed by atoms with van der Waals surface area (Å²) in [5.74, 6) is 0.716. The highest BCUT2D eigenvalue weighted by Gasteiger charge is 2.00. The van der Waals surface area contributed by atoms with Crippen LogP contribution in [-0.4, -0.2) is 13.6 Å². The summed E-state index contributed by atoms with van der Waals surface area (Å²) in [6, 6.07) is 7.35. The lowest BCUT2D eigenvalue weighted by Gasteiger charge is -2.05. The van der Waals surface area contributed by atoms with Crippen molar-refractivity contribution in [3.05, 3.63) is 29.8 Å². The van der Waals surface area contributed by atoms with Gasteiger partial charge in [-0.2, -0.15) is 0 Å². The number of methoxy groups -OCH3 is 1. The van der Waals surface area contributed by atoms with Gasteiger partial charge in [-0.05, 0) is 6.07 Å². The molecule has 63 valence electrons. The molecule has 0 aliphatic heterocycles. The first kappa shape index (κ1) is 8.59. The van der Waals surface area contributed by atoms with E-state index in [9.17, 15) is 4.79 Å². The van der Waals surface area contributed by atoms with Crippen LogP contribution in [0.4, 0.5) is 0 Å².